The summed E-state index contributed by atoms with van der Waals surface area (Å²) in [5, 5.41) is 0. The second kappa shape index (κ2) is 3.25. The van der Waals surface area contributed by atoms with Crippen LogP contribution in [0.25, 0.3) is 0 Å². The number of carbonyl (C=O) groups excluding carboxylic acids is 1. The summed E-state index contributed by atoms with van der Waals surface area (Å²) in [5.74, 6) is 2.15. The van der Waals surface area contributed by atoms with Crippen LogP contribution in [-0.2, 0) is 4.79 Å². The van der Waals surface area contributed by atoms with Gasteiger partial charge in [0.25, 0.3) is 0 Å². The van der Waals surface area contributed by atoms with E-state index in [0.29, 0.717) is 11.9 Å². The first-order valence-corrected chi connectivity index (χ1v) is 6.16. The summed E-state index contributed by atoms with van der Waals surface area (Å²) in [6.07, 6.45) is 8.80. The molecule has 2 saturated heterocycles. The second-order valence-electron chi connectivity index (χ2n) is 5.21. The van der Waals surface area contributed by atoms with Crippen molar-refractivity contribution in [1.29, 1.82) is 0 Å². The molecule has 0 spiro atoms. The molecule has 0 aromatic carbocycles. The molecular weight excluding hydrogens is 174 g/mol. The topological polar surface area (TPSA) is 20.3 Å². The highest BCUT2D eigenvalue weighted by atomic mass is 16.2. The molecule has 2 aliphatic heterocycles. The Morgan fingerprint density at radius 3 is 2.57 bits per heavy atom. The average Bonchev–Trinajstić information content (AvgIpc) is 2.24. The molecular formula is C12H19NO. The Labute approximate surface area is 85.7 Å². The summed E-state index contributed by atoms with van der Waals surface area (Å²) < 4.78 is 0. The number of amides is 1. The number of rotatable bonds is 0. The molecule has 0 aromatic rings. The normalized spacial score (nSPS) is 42.1. The van der Waals surface area contributed by atoms with Gasteiger partial charge in [0.15, 0.2) is 0 Å². The molecule has 3 atom stereocenters. The Kier molecular flexibility index (Phi) is 2.03. The molecule has 1 saturated carbocycles. The van der Waals surface area contributed by atoms with Crippen molar-refractivity contribution >= 4 is 5.91 Å². The lowest BCUT2D eigenvalue weighted by Crippen LogP contribution is -2.56. The first kappa shape index (κ1) is 8.75. The van der Waals surface area contributed by atoms with Crippen LogP contribution in [0, 0.1) is 11.8 Å². The molecule has 78 valence electrons. The molecule has 14 heavy (non-hydrogen) atoms. The van der Waals surface area contributed by atoms with Gasteiger partial charge >= 0.3 is 0 Å². The molecule has 1 aliphatic carbocycles. The van der Waals surface area contributed by atoms with Crippen molar-refractivity contribution in [2.75, 3.05) is 6.54 Å². The smallest absolute Gasteiger partial charge is 0.222 e. The van der Waals surface area contributed by atoms with Gasteiger partial charge in [0.2, 0.25) is 5.91 Å². The number of carbonyl (C=O) groups is 1. The number of hydrogen-bond donors (Lipinski definition) is 0. The van der Waals surface area contributed by atoms with Crippen LogP contribution in [0.15, 0.2) is 0 Å². The molecule has 1 amide bonds. The van der Waals surface area contributed by atoms with Crippen molar-refractivity contribution in [1.82, 2.24) is 4.90 Å². The SMILES string of the molecule is O=C1CCC2CCCC3CCCN1C32. The van der Waals surface area contributed by atoms with Crippen molar-refractivity contribution in [3.05, 3.63) is 0 Å². The highest BCUT2D eigenvalue weighted by Gasteiger charge is 2.43. The van der Waals surface area contributed by atoms with Crippen LogP contribution < -0.4 is 0 Å². The zero-order valence-electron chi connectivity index (χ0n) is 8.74. The van der Waals surface area contributed by atoms with Crippen LogP contribution in [0.4, 0.5) is 0 Å². The zero-order valence-corrected chi connectivity index (χ0v) is 8.74. The van der Waals surface area contributed by atoms with Crippen LogP contribution in [0.5, 0.6) is 0 Å². The molecule has 0 aromatic heterocycles. The lowest BCUT2D eigenvalue weighted by atomic mass is 9.69. The predicted molar refractivity (Wildman–Crippen MR) is 54.8 cm³/mol. The van der Waals surface area contributed by atoms with E-state index in [0.717, 1.165) is 24.8 Å². The van der Waals surface area contributed by atoms with Crippen LogP contribution >= 0.6 is 0 Å². The molecule has 0 radical (unpaired) electrons. The minimum Gasteiger partial charge on any atom is -0.339 e. The van der Waals surface area contributed by atoms with E-state index >= 15 is 0 Å². The molecule has 3 fully saturated rings. The third kappa shape index (κ3) is 1.19. The summed E-state index contributed by atoms with van der Waals surface area (Å²) >= 11 is 0. The molecule has 3 unspecified atom stereocenters. The summed E-state index contributed by atoms with van der Waals surface area (Å²) in [6, 6.07) is 0.652. The fourth-order valence-electron chi connectivity index (χ4n) is 3.92. The Hall–Kier alpha value is -0.530. The van der Waals surface area contributed by atoms with E-state index in [1.165, 1.54) is 38.5 Å². The van der Waals surface area contributed by atoms with Crippen molar-refractivity contribution in [3.8, 4) is 0 Å². The highest BCUT2D eigenvalue weighted by molar-refractivity contribution is 5.77. The van der Waals surface area contributed by atoms with Crippen molar-refractivity contribution in [2.45, 2.75) is 51.0 Å². The second-order valence-corrected chi connectivity index (χ2v) is 5.21. The Balaban J connectivity index is 1.88. The largest absolute Gasteiger partial charge is 0.339 e. The van der Waals surface area contributed by atoms with E-state index in [-0.39, 0.29) is 0 Å². The molecule has 2 heteroatoms. The van der Waals surface area contributed by atoms with Gasteiger partial charge in [-0.3, -0.25) is 4.79 Å². The van der Waals surface area contributed by atoms with Crippen LogP contribution in [0.1, 0.15) is 44.9 Å². The quantitative estimate of drug-likeness (QED) is 0.577. The first-order valence-electron chi connectivity index (χ1n) is 6.16. The highest BCUT2D eigenvalue weighted by Crippen LogP contribution is 2.43. The van der Waals surface area contributed by atoms with Crippen LogP contribution in [0.2, 0.25) is 0 Å². The molecule has 3 aliphatic rings. The van der Waals surface area contributed by atoms with Crippen molar-refractivity contribution in [3.63, 3.8) is 0 Å². The Bertz CT molecular complexity index is 242. The third-order valence-corrected chi connectivity index (χ3v) is 4.50. The van der Waals surface area contributed by atoms with Gasteiger partial charge < -0.3 is 4.90 Å². The number of nitrogens with zero attached hydrogens (tertiary/aromatic N) is 1. The standard InChI is InChI=1S/C12H19NO/c14-11-7-6-10-4-1-3-9-5-2-8-13(11)12(9)10/h9-10,12H,1-8H2. The summed E-state index contributed by atoms with van der Waals surface area (Å²) in [6.45, 7) is 1.05. The average molecular weight is 193 g/mol. The van der Waals surface area contributed by atoms with Gasteiger partial charge in [-0.1, -0.05) is 6.42 Å². The van der Waals surface area contributed by atoms with Crippen molar-refractivity contribution in [2.24, 2.45) is 11.8 Å². The molecule has 2 nitrogen and oxygen atoms in total. The van der Waals surface area contributed by atoms with Crippen molar-refractivity contribution < 1.29 is 4.79 Å². The Morgan fingerprint density at radius 2 is 1.71 bits per heavy atom. The van der Waals surface area contributed by atoms with Gasteiger partial charge in [-0.15, -0.1) is 0 Å². The maximum absolute atomic E-state index is 11.8. The first-order chi connectivity index (χ1) is 6.86. The summed E-state index contributed by atoms with van der Waals surface area (Å²) in [7, 11) is 0. The van der Waals surface area contributed by atoms with Crippen LogP contribution in [0.3, 0.4) is 0 Å². The summed E-state index contributed by atoms with van der Waals surface area (Å²) in [5.41, 5.74) is 0. The van der Waals surface area contributed by atoms with Gasteiger partial charge in [0.05, 0.1) is 0 Å². The minimum absolute atomic E-state index is 0.442. The van der Waals surface area contributed by atoms with Crippen LogP contribution in [-0.4, -0.2) is 23.4 Å². The Morgan fingerprint density at radius 1 is 1.00 bits per heavy atom. The predicted octanol–water partition coefficient (Wildman–Crippen LogP) is 2.19. The van der Waals surface area contributed by atoms with E-state index in [4.69, 9.17) is 0 Å². The van der Waals surface area contributed by atoms with Gasteiger partial charge in [0.1, 0.15) is 0 Å². The van der Waals surface area contributed by atoms with Gasteiger partial charge in [-0.2, -0.15) is 0 Å². The monoisotopic (exact) mass is 193 g/mol. The van der Waals surface area contributed by atoms with E-state index < -0.39 is 0 Å². The molecule has 0 N–H and O–H groups in total. The third-order valence-electron chi connectivity index (χ3n) is 4.50. The molecule has 2 heterocycles. The molecule has 0 bridgehead atoms. The fourth-order valence-corrected chi connectivity index (χ4v) is 3.92. The van der Waals surface area contributed by atoms with Gasteiger partial charge in [-0.25, -0.2) is 0 Å². The maximum atomic E-state index is 11.8. The zero-order chi connectivity index (χ0) is 9.54. The lowest BCUT2D eigenvalue weighted by molar-refractivity contribution is -0.145. The van der Waals surface area contributed by atoms with E-state index in [9.17, 15) is 4.79 Å². The van der Waals surface area contributed by atoms with Gasteiger partial charge in [0, 0.05) is 19.0 Å². The van der Waals surface area contributed by atoms with E-state index in [1.807, 2.05) is 0 Å². The minimum atomic E-state index is 0.442. The number of hydrogen-bond acceptors (Lipinski definition) is 1. The maximum Gasteiger partial charge on any atom is 0.222 e. The summed E-state index contributed by atoms with van der Waals surface area (Å²) in [4.78, 5) is 14.0. The number of piperidine rings is 2. The van der Waals surface area contributed by atoms with E-state index in [1.54, 1.807) is 0 Å². The van der Waals surface area contributed by atoms with E-state index in [2.05, 4.69) is 4.90 Å². The lowest BCUT2D eigenvalue weighted by Gasteiger charge is -2.51. The molecule has 3 rings (SSSR count). The fraction of sp³-hybridized carbons (Fsp3) is 0.917. The van der Waals surface area contributed by atoms with Gasteiger partial charge in [-0.05, 0) is 43.9 Å².